The molecule has 1 aliphatic heterocycles. The van der Waals surface area contributed by atoms with Crippen molar-refractivity contribution in [3.63, 3.8) is 0 Å². The van der Waals surface area contributed by atoms with E-state index in [1.807, 2.05) is 6.07 Å². The van der Waals surface area contributed by atoms with Crippen LogP contribution in [0.1, 0.15) is 30.0 Å². The molecular weight excluding hydrogens is 284 g/mol. The summed E-state index contributed by atoms with van der Waals surface area (Å²) in [5.41, 5.74) is 0. The van der Waals surface area contributed by atoms with Crippen LogP contribution in [0.2, 0.25) is 0 Å². The van der Waals surface area contributed by atoms with E-state index in [0.717, 1.165) is 23.9 Å². The van der Waals surface area contributed by atoms with Crippen molar-refractivity contribution < 1.29 is 9.53 Å². The number of hydrogen-bond donors (Lipinski definition) is 1. The Bertz CT molecular complexity index is 459. The summed E-state index contributed by atoms with van der Waals surface area (Å²) in [6.45, 7) is 8.95. The lowest BCUT2D eigenvalue weighted by atomic mass is 10.1. The second kappa shape index (κ2) is 7.92. The minimum atomic E-state index is -0.170. The van der Waals surface area contributed by atoms with Gasteiger partial charge in [-0.15, -0.1) is 11.3 Å². The van der Waals surface area contributed by atoms with Crippen LogP contribution in [-0.4, -0.2) is 43.7 Å². The Morgan fingerprint density at radius 3 is 2.90 bits per heavy atom. The number of thiophene rings is 1. The normalized spacial score (nSPS) is 19.3. The predicted octanol–water partition coefficient (Wildman–Crippen LogP) is 2.28. The van der Waals surface area contributed by atoms with E-state index >= 15 is 0 Å². The number of nitrogens with zero attached hydrogens (tertiary/aromatic N) is 1. The fourth-order valence-corrected chi connectivity index (χ4v) is 3.70. The van der Waals surface area contributed by atoms with Crippen LogP contribution in [-0.2, 0) is 22.5 Å². The van der Waals surface area contributed by atoms with Gasteiger partial charge in [-0.3, -0.25) is 4.79 Å². The maximum atomic E-state index is 11.2. The molecule has 1 unspecified atom stereocenters. The van der Waals surface area contributed by atoms with Crippen molar-refractivity contribution in [1.82, 2.24) is 10.2 Å². The molecule has 4 nitrogen and oxygen atoms in total. The minimum absolute atomic E-state index is 0.170. The van der Waals surface area contributed by atoms with Gasteiger partial charge in [0.1, 0.15) is 0 Å². The Morgan fingerprint density at radius 1 is 1.48 bits per heavy atom. The maximum Gasteiger partial charge on any atom is 0.310 e. The van der Waals surface area contributed by atoms with Crippen LogP contribution in [0.4, 0.5) is 0 Å². The zero-order valence-corrected chi connectivity index (χ0v) is 14.0. The lowest BCUT2D eigenvalue weighted by Crippen LogP contribution is -2.30. The molecule has 0 spiro atoms. The van der Waals surface area contributed by atoms with Gasteiger partial charge in [-0.2, -0.15) is 0 Å². The van der Waals surface area contributed by atoms with Crippen LogP contribution >= 0.6 is 11.3 Å². The van der Waals surface area contributed by atoms with E-state index < -0.39 is 0 Å². The van der Waals surface area contributed by atoms with Crippen molar-refractivity contribution in [3.05, 3.63) is 21.9 Å². The first-order valence-corrected chi connectivity index (χ1v) is 8.49. The number of esters is 1. The molecule has 1 saturated heterocycles. The van der Waals surface area contributed by atoms with Gasteiger partial charge in [0.2, 0.25) is 0 Å². The number of ether oxygens (including phenoxy) is 1. The highest BCUT2D eigenvalue weighted by Crippen LogP contribution is 2.19. The quantitative estimate of drug-likeness (QED) is 0.785. The molecule has 1 atom stereocenters. The molecular formula is C16H26N2O2S. The van der Waals surface area contributed by atoms with Gasteiger partial charge < -0.3 is 15.0 Å². The Hall–Kier alpha value is -0.910. The zero-order chi connectivity index (χ0) is 15.2. The largest absolute Gasteiger partial charge is 0.469 e. The summed E-state index contributed by atoms with van der Waals surface area (Å²) in [4.78, 5) is 16.1. The van der Waals surface area contributed by atoms with E-state index in [1.54, 1.807) is 11.3 Å². The van der Waals surface area contributed by atoms with Gasteiger partial charge >= 0.3 is 5.97 Å². The summed E-state index contributed by atoms with van der Waals surface area (Å²) in [6.07, 6.45) is 1.68. The summed E-state index contributed by atoms with van der Waals surface area (Å²) in [7, 11) is 1.43. The fraction of sp³-hybridized carbons (Fsp3) is 0.688. The molecule has 0 bridgehead atoms. The van der Waals surface area contributed by atoms with Crippen LogP contribution < -0.4 is 5.32 Å². The van der Waals surface area contributed by atoms with Crippen molar-refractivity contribution in [3.8, 4) is 0 Å². The number of methoxy groups -OCH3 is 1. The molecule has 0 amide bonds. The predicted molar refractivity (Wildman–Crippen MR) is 86.6 cm³/mol. The molecule has 1 aromatic heterocycles. The van der Waals surface area contributed by atoms with E-state index in [9.17, 15) is 4.79 Å². The van der Waals surface area contributed by atoms with E-state index in [0.29, 0.717) is 12.5 Å². The number of likely N-dealkylation sites (tertiary alicyclic amines) is 1. The standard InChI is InChI=1S/C16H26N2O2S/c1-12(2)18-7-6-13(11-18)9-17-10-15-5-4-14(21-15)8-16(19)20-3/h4-5,12-13,17H,6-11H2,1-3H3. The lowest BCUT2D eigenvalue weighted by molar-refractivity contribution is -0.139. The first-order valence-electron chi connectivity index (χ1n) is 7.67. The van der Waals surface area contributed by atoms with Gasteiger partial charge in [0.05, 0.1) is 13.5 Å². The third kappa shape index (κ3) is 5.09. The molecule has 0 aromatic carbocycles. The highest BCUT2D eigenvalue weighted by Gasteiger charge is 2.23. The Balaban J connectivity index is 1.68. The van der Waals surface area contributed by atoms with Gasteiger partial charge in [-0.05, 0) is 51.4 Å². The van der Waals surface area contributed by atoms with Gasteiger partial charge in [0.25, 0.3) is 0 Å². The van der Waals surface area contributed by atoms with E-state index in [2.05, 4.69) is 34.9 Å². The first-order chi connectivity index (χ1) is 10.1. The van der Waals surface area contributed by atoms with Crippen molar-refractivity contribution in [2.75, 3.05) is 26.7 Å². The Kier molecular flexibility index (Phi) is 6.21. The van der Waals surface area contributed by atoms with E-state index in [1.165, 1.54) is 31.5 Å². The topological polar surface area (TPSA) is 41.6 Å². The zero-order valence-electron chi connectivity index (χ0n) is 13.2. The molecule has 2 rings (SSSR count). The molecule has 118 valence electrons. The summed E-state index contributed by atoms with van der Waals surface area (Å²) < 4.78 is 4.69. The Morgan fingerprint density at radius 2 is 2.24 bits per heavy atom. The van der Waals surface area contributed by atoms with Crippen LogP contribution in [0.3, 0.4) is 0 Å². The van der Waals surface area contributed by atoms with Gasteiger partial charge in [-0.25, -0.2) is 0 Å². The second-order valence-electron chi connectivity index (χ2n) is 6.00. The number of rotatable bonds is 7. The molecule has 1 aromatic rings. The monoisotopic (exact) mass is 310 g/mol. The highest BCUT2D eigenvalue weighted by atomic mass is 32.1. The van der Waals surface area contributed by atoms with Crippen molar-refractivity contribution >= 4 is 17.3 Å². The Labute approximate surface area is 131 Å². The molecule has 1 N–H and O–H groups in total. The number of nitrogens with one attached hydrogen (secondary N) is 1. The highest BCUT2D eigenvalue weighted by molar-refractivity contribution is 7.12. The molecule has 5 heteroatoms. The smallest absolute Gasteiger partial charge is 0.310 e. The van der Waals surface area contributed by atoms with E-state index in [4.69, 9.17) is 0 Å². The maximum absolute atomic E-state index is 11.2. The van der Waals surface area contributed by atoms with Gasteiger partial charge in [0, 0.05) is 28.9 Å². The summed E-state index contributed by atoms with van der Waals surface area (Å²) in [5.74, 6) is 0.595. The van der Waals surface area contributed by atoms with Crippen molar-refractivity contribution in [2.24, 2.45) is 5.92 Å². The molecule has 2 heterocycles. The summed E-state index contributed by atoms with van der Waals surface area (Å²) in [6, 6.07) is 4.79. The van der Waals surface area contributed by atoms with Gasteiger partial charge in [-0.1, -0.05) is 0 Å². The molecule has 0 saturated carbocycles. The van der Waals surface area contributed by atoms with E-state index in [-0.39, 0.29) is 5.97 Å². The first kappa shape index (κ1) is 16.5. The molecule has 1 aliphatic rings. The third-order valence-corrected chi connectivity index (χ3v) is 5.13. The average molecular weight is 310 g/mol. The fourth-order valence-electron chi connectivity index (χ4n) is 2.72. The number of carbonyl (C=O) groups is 1. The number of hydrogen-bond acceptors (Lipinski definition) is 5. The van der Waals surface area contributed by atoms with Gasteiger partial charge in [0.15, 0.2) is 0 Å². The van der Waals surface area contributed by atoms with Crippen molar-refractivity contribution in [2.45, 2.75) is 39.3 Å². The SMILES string of the molecule is COC(=O)Cc1ccc(CNCC2CCN(C(C)C)C2)s1. The molecule has 21 heavy (non-hydrogen) atoms. The summed E-state index contributed by atoms with van der Waals surface area (Å²) in [5, 5.41) is 3.55. The summed E-state index contributed by atoms with van der Waals surface area (Å²) >= 11 is 1.69. The van der Waals surface area contributed by atoms with Crippen LogP contribution in [0, 0.1) is 5.92 Å². The third-order valence-electron chi connectivity index (χ3n) is 4.04. The molecule has 1 fully saturated rings. The van der Waals surface area contributed by atoms with Crippen molar-refractivity contribution in [1.29, 1.82) is 0 Å². The molecule has 0 aliphatic carbocycles. The minimum Gasteiger partial charge on any atom is -0.469 e. The molecule has 0 radical (unpaired) electrons. The average Bonchev–Trinajstić information content (AvgIpc) is 3.08. The lowest BCUT2D eigenvalue weighted by Gasteiger charge is -2.20. The van der Waals surface area contributed by atoms with Crippen LogP contribution in [0.25, 0.3) is 0 Å². The second-order valence-corrected chi connectivity index (χ2v) is 7.25. The van der Waals surface area contributed by atoms with Crippen LogP contribution in [0.15, 0.2) is 12.1 Å². The van der Waals surface area contributed by atoms with Crippen LogP contribution in [0.5, 0.6) is 0 Å². The number of carbonyl (C=O) groups excluding carboxylic acids is 1.